The van der Waals surface area contributed by atoms with Crippen molar-refractivity contribution in [2.75, 3.05) is 6.61 Å². The SMILES string of the molecule is CCC[CH]([Na])CCCCCCCCOS(=O)(=O)O. The van der Waals surface area contributed by atoms with Crippen LogP contribution in [-0.4, -0.2) is 47.5 Å². The zero-order chi connectivity index (χ0) is 13.9. The monoisotopic (exact) mass is 288 g/mol. The summed E-state index contributed by atoms with van der Waals surface area (Å²) in [6, 6.07) is 0. The molecule has 0 aliphatic heterocycles. The molecule has 0 bridgehead atoms. The zero-order valence-electron chi connectivity index (χ0n) is 11.7. The quantitative estimate of drug-likeness (QED) is 0.340. The van der Waals surface area contributed by atoms with Crippen molar-refractivity contribution < 1.29 is 17.2 Å². The molecule has 0 aromatic carbocycles. The topological polar surface area (TPSA) is 63.6 Å². The molecule has 0 heterocycles. The van der Waals surface area contributed by atoms with E-state index in [4.69, 9.17) is 4.55 Å². The second-order valence-electron chi connectivity index (χ2n) is 5.05. The van der Waals surface area contributed by atoms with Gasteiger partial charge in [0.2, 0.25) is 0 Å². The average Bonchev–Trinajstić information content (AvgIpc) is 2.25. The van der Waals surface area contributed by atoms with Gasteiger partial charge >= 0.3 is 130 Å². The summed E-state index contributed by atoms with van der Waals surface area (Å²) >= 11 is 1.32. The van der Waals surface area contributed by atoms with Gasteiger partial charge in [-0.1, -0.05) is 0 Å². The Balaban J connectivity index is 3.17. The van der Waals surface area contributed by atoms with Gasteiger partial charge in [0.05, 0.1) is 0 Å². The molecule has 0 aromatic heterocycles. The van der Waals surface area contributed by atoms with E-state index in [0.717, 1.165) is 16.0 Å². The molecule has 4 nitrogen and oxygen atoms in total. The molecule has 0 spiro atoms. The first-order valence-corrected chi connectivity index (χ1v) is 9.59. The van der Waals surface area contributed by atoms with E-state index >= 15 is 0 Å². The van der Waals surface area contributed by atoms with Crippen LogP contribution in [0.25, 0.3) is 0 Å². The third-order valence-corrected chi connectivity index (χ3v) is 4.72. The van der Waals surface area contributed by atoms with Crippen LogP contribution >= 0.6 is 0 Å². The molecule has 0 fully saturated rings. The molecule has 0 amide bonds. The molecule has 1 unspecified atom stereocenters. The minimum absolute atomic E-state index is 0.0952. The molecule has 0 saturated heterocycles. The van der Waals surface area contributed by atoms with Gasteiger partial charge in [-0.2, -0.15) is 0 Å². The molecule has 1 N–H and O–H groups in total. The summed E-state index contributed by atoms with van der Waals surface area (Å²) in [7, 11) is -4.24. The van der Waals surface area contributed by atoms with Gasteiger partial charge in [-0.15, -0.1) is 0 Å². The van der Waals surface area contributed by atoms with Crippen molar-refractivity contribution >= 4 is 38.3 Å². The second-order valence-corrected chi connectivity index (χ2v) is 7.78. The van der Waals surface area contributed by atoms with E-state index < -0.39 is 10.4 Å². The molecule has 6 heteroatoms. The summed E-state index contributed by atoms with van der Waals surface area (Å²) in [4.78, 5) is 0. The number of unbranched alkanes of at least 4 members (excludes halogenated alkanes) is 5. The summed E-state index contributed by atoms with van der Waals surface area (Å²) < 4.78 is 34.1. The van der Waals surface area contributed by atoms with Crippen molar-refractivity contribution in [2.24, 2.45) is 0 Å². The molecule has 0 saturated carbocycles. The Morgan fingerprint density at radius 1 is 1.06 bits per heavy atom. The van der Waals surface area contributed by atoms with E-state index in [1.165, 1.54) is 66.5 Å². The van der Waals surface area contributed by atoms with Gasteiger partial charge in [0.25, 0.3) is 0 Å². The maximum atomic E-state index is 10.3. The van der Waals surface area contributed by atoms with Gasteiger partial charge in [-0.25, -0.2) is 0 Å². The van der Waals surface area contributed by atoms with Crippen molar-refractivity contribution in [1.29, 1.82) is 0 Å². The van der Waals surface area contributed by atoms with Crippen molar-refractivity contribution in [3.63, 3.8) is 0 Å². The van der Waals surface area contributed by atoms with Crippen LogP contribution in [0.1, 0.15) is 64.7 Å². The van der Waals surface area contributed by atoms with Gasteiger partial charge in [-0.05, 0) is 0 Å². The van der Waals surface area contributed by atoms with Crippen LogP contribution in [-0.2, 0) is 14.6 Å². The van der Waals surface area contributed by atoms with E-state index in [-0.39, 0.29) is 6.61 Å². The van der Waals surface area contributed by atoms with Crippen LogP contribution < -0.4 is 0 Å². The van der Waals surface area contributed by atoms with E-state index in [0.29, 0.717) is 6.42 Å². The molecule has 0 aromatic rings. The molecule has 0 aliphatic carbocycles. The summed E-state index contributed by atoms with van der Waals surface area (Å²) in [6.45, 7) is 2.34. The second kappa shape index (κ2) is 11.7. The van der Waals surface area contributed by atoms with E-state index in [2.05, 4.69) is 11.1 Å². The molecule has 1 atom stereocenters. The fourth-order valence-corrected chi connectivity index (χ4v) is 3.42. The van der Waals surface area contributed by atoms with Gasteiger partial charge in [0, 0.05) is 0 Å². The molecule has 0 rings (SSSR count). The van der Waals surface area contributed by atoms with Crippen molar-refractivity contribution in [2.45, 2.75) is 67.9 Å². The Hall–Kier alpha value is 0.870. The Bertz CT molecular complexity index is 280. The first kappa shape index (κ1) is 18.9. The Morgan fingerprint density at radius 3 is 2.17 bits per heavy atom. The number of hydrogen-bond donors (Lipinski definition) is 1. The van der Waals surface area contributed by atoms with Crippen LogP contribution in [0.4, 0.5) is 0 Å². The predicted octanol–water partition coefficient (Wildman–Crippen LogP) is 3.29. The van der Waals surface area contributed by atoms with E-state index in [1.807, 2.05) is 0 Å². The predicted molar refractivity (Wildman–Crippen MR) is 74.2 cm³/mol. The van der Waals surface area contributed by atoms with Crippen LogP contribution in [0.2, 0.25) is 3.17 Å². The third-order valence-electron chi connectivity index (χ3n) is 3.10. The zero-order valence-corrected chi connectivity index (χ0v) is 14.5. The Morgan fingerprint density at radius 2 is 1.61 bits per heavy atom. The number of hydrogen-bond acceptors (Lipinski definition) is 3. The fraction of sp³-hybridized carbons (Fsp3) is 1.00. The molecule has 0 radical (unpaired) electrons. The summed E-state index contributed by atoms with van der Waals surface area (Å²) in [5.41, 5.74) is 0. The van der Waals surface area contributed by atoms with Gasteiger partial charge < -0.3 is 0 Å². The third kappa shape index (κ3) is 14.9. The van der Waals surface area contributed by atoms with Crippen LogP contribution in [0.15, 0.2) is 0 Å². The first-order chi connectivity index (χ1) is 8.45. The average molecular weight is 288 g/mol. The van der Waals surface area contributed by atoms with Gasteiger partial charge in [-0.3, -0.25) is 0 Å². The van der Waals surface area contributed by atoms with Gasteiger partial charge in [0.1, 0.15) is 0 Å². The first-order valence-electron chi connectivity index (χ1n) is 7.07. The molecule has 18 heavy (non-hydrogen) atoms. The molecular formula is C12H25NaO4S. The Labute approximate surface area is 129 Å². The molecule has 0 aliphatic rings. The van der Waals surface area contributed by atoms with Crippen molar-refractivity contribution in [3.05, 3.63) is 0 Å². The van der Waals surface area contributed by atoms with Crippen LogP contribution in [0.3, 0.4) is 0 Å². The number of rotatable bonds is 12. The van der Waals surface area contributed by atoms with E-state index in [9.17, 15) is 8.42 Å². The maximum absolute atomic E-state index is 10.3. The van der Waals surface area contributed by atoms with Crippen molar-refractivity contribution in [3.8, 4) is 0 Å². The fourth-order valence-electron chi connectivity index (χ4n) is 2.10. The Kier molecular flexibility index (Phi) is 12.2. The summed E-state index contributed by atoms with van der Waals surface area (Å²) in [5.74, 6) is 0. The van der Waals surface area contributed by atoms with Crippen LogP contribution in [0, 0.1) is 0 Å². The van der Waals surface area contributed by atoms with Gasteiger partial charge in [0.15, 0.2) is 0 Å². The standard InChI is InChI=1S/C12H25O4S.Na/c1-2-3-4-5-6-7-8-9-10-11-12-16-17(13,14)15;/h4H,2-3,5-12H2,1H3,(H,13,14,15);. The summed E-state index contributed by atoms with van der Waals surface area (Å²) in [6.07, 6.45) is 10.7. The van der Waals surface area contributed by atoms with E-state index in [1.54, 1.807) is 0 Å². The normalized spacial score (nSPS) is 13.8. The van der Waals surface area contributed by atoms with Crippen molar-refractivity contribution in [1.82, 2.24) is 0 Å². The molecule has 104 valence electrons. The van der Waals surface area contributed by atoms with Crippen LogP contribution in [0.5, 0.6) is 0 Å². The molecular weight excluding hydrogens is 263 g/mol. The summed E-state index contributed by atoms with van der Waals surface area (Å²) in [5, 5.41) is 0. The minimum atomic E-state index is -4.24.